The number of anilines is 1. The van der Waals surface area contributed by atoms with Crippen molar-refractivity contribution in [2.75, 3.05) is 11.9 Å². The lowest BCUT2D eigenvalue weighted by molar-refractivity contribution is -0.386. The van der Waals surface area contributed by atoms with Crippen molar-refractivity contribution in [2.24, 2.45) is 5.92 Å². The van der Waals surface area contributed by atoms with E-state index < -0.39 is 16.2 Å². The fraction of sp³-hybridized carbons (Fsp3) is 0.471. The molecule has 0 fully saturated rings. The van der Waals surface area contributed by atoms with E-state index in [0.29, 0.717) is 23.4 Å². The molecular formula is C17H22N2O4. The highest BCUT2D eigenvalue weighted by Gasteiger charge is 2.24. The number of benzene rings is 1. The van der Waals surface area contributed by atoms with E-state index >= 15 is 0 Å². The molecule has 0 bridgehead atoms. The number of fused-ring (bicyclic) bond motifs is 1. The van der Waals surface area contributed by atoms with Crippen LogP contribution in [0.3, 0.4) is 0 Å². The second kappa shape index (κ2) is 7.76. The predicted molar refractivity (Wildman–Crippen MR) is 90.9 cm³/mol. The molecule has 1 aromatic heterocycles. The Morgan fingerprint density at radius 1 is 1.30 bits per heavy atom. The van der Waals surface area contributed by atoms with Crippen molar-refractivity contribution < 1.29 is 9.34 Å². The molecule has 0 aliphatic carbocycles. The smallest absolute Gasteiger partial charge is 0.417 e. The van der Waals surface area contributed by atoms with Crippen molar-refractivity contribution in [2.45, 2.75) is 39.5 Å². The van der Waals surface area contributed by atoms with Crippen LogP contribution in [-0.4, -0.2) is 11.5 Å². The molecule has 23 heavy (non-hydrogen) atoms. The Kier molecular flexibility index (Phi) is 5.73. The van der Waals surface area contributed by atoms with Crippen LogP contribution in [0.15, 0.2) is 33.5 Å². The molecule has 6 nitrogen and oxygen atoms in total. The third-order valence-corrected chi connectivity index (χ3v) is 4.08. The number of nitro groups is 1. The molecule has 0 radical (unpaired) electrons. The molecule has 6 heteroatoms. The van der Waals surface area contributed by atoms with Crippen molar-refractivity contribution in [3.8, 4) is 0 Å². The van der Waals surface area contributed by atoms with Gasteiger partial charge < -0.3 is 9.73 Å². The summed E-state index contributed by atoms with van der Waals surface area (Å²) in [5, 5.41) is 15.0. The van der Waals surface area contributed by atoms with Gasteiger partial charge in [-0.1, -0.05) is 45.2 Å². The van der Waals surface area contributed by atoms with Crippen LogP contribution in [0.1, 0.15) is 39.5 Å². The fourth-order valence-corrected chi connectivity index (χ4v) is 2.67. The maximum atomic E-state index is 11.9. The number of unbranched alkanes of at least 4 members (excludes halogenated alkanes) is 1. The van der Waals surface area contributed by atoms with E-state index in [2.05, 4.69) is 19.2 Å². The Labute approximate surface area is 134 Å². The zero-order chi connectivity index (χ0) is 16.8. The van der Waals surface area contributed by atoms with Crippen molar-refractivity contribution in [3.05, 3.63) is 44.8 Å². The fourth-order valence-electron chi connectivity index (χ4n) is 2.67. The standard InChI is InChI=1S/C17H22N2O4/c1-3-5-8-12(4-2)11-18-15-13-9-6-7-10-14(13)23-17(20)16(15)19(21)22/h6-7,9-10,12,18H,3-5,8,11H2,1-2H3/t12-/m1/s1. The highest BCUT2D eigenvalue weighted by molar-refractivity contribution is 5.94. The normalized spacial score (nSPS) is 12.3. The Morgan fingerprint density at radius 3 is 2.70 bits per heavy atom. The first-order valence-electron chi connectivity index (χ1n) is 8.02. The topological polar surface area (TPSA) is 85.4 Å². The van der Waals surface area contributed by atoms with Gasteiger partial charge in [-0.3, -0.25) is 10.1 Å². The summed E-state index contributed by atoms with van der Waals surface area (Å²) in [5.74, 6) is 0.417. The minimum Gasteiger partial charge on any atom is -0.418 e. The number of nitrogens with zero attached hydrogens (tertiary/aromatic N) is 1. The molecule has 1 heterocycles. The van der Waals surface area contributed by atoms with Gasteiger partial charge in [0.15, 0.2) is 0 Å². The SMILES string of the molecule is CCCC[C@@H](CC)CNc1c([N+](=O)[O-])c(=O)oc2ccccc12. The molecule has 1 aromatic carbocycles. The van der Waals surface area contributed by atoms with Crippen LogP contribution < -0.4 is 10.9 Å². The highest BCUT2D eigenvalue weighted by Crippen LogP contribution is 2.30. The summed E-state index contributed by atoms with van der Waals surface area (Å²) >= 11 is 0. The van der Waals surface area contributed by atoms with Crippen molar-refractivity contribution in [1.82, 2.24) is 0 Å². The van der Waals surface area contributed by atoms with E-state index in [-0.39, 0.29) is 5.69 Å². The molecule has 124 valence electrons. The van der Waals surface area contributed by atoms with E-state index in [1.807, 2.05) is 0 Å². The van der Waals surface area contributed by atoms with Crippen molar-refractivity contribution in [3.63, 3.8) is 0 Å². The van der Waals surface area contributed by atoms with Gasteiger partial charge in [0.2, 0.25) is 0 Å². The number of nitrogens with one attached hydrogen (secondary N) is 1. The lowest BCUT2D eigenvalue weighted by Gasteiger charge is -2.16. The van der Waals surface area contributed by atoms with Crippen LogP contribution >= 0.6 is 0 Å². The third kappa shape index (κ3) is 3.88. The van der Waals surface area contributed by atoms with Gasteiger partial charge in [-0.15, -0.1) is 0 Å². The molecule has 1 N–H and O–H groups in total. The minimum atomic E-state index is -0.919. The second-order valence-corrected chi connectivity index (χ2v) is 5.66. The first kappa shape index (κ1) is 17.0. The second-order valence-electron chi connectivity index (χ2n) is 5.66. The number of para-hydroxylation sites is 1. The van der Waals surface area contributed by atoms with E-state index in [4.69, 9.17) is 4.42 Å². The zero-order valence-electron chi connectivity index (χ0n) is 13.5. The molecule has 2 rings (SSSR count). The summed E-state index contributed by atoms with van der Waals surface area (Å²) in [5.41, 5.74) is -0.823. The van der Waals surface area contributed by atoms with Gasteiger partial charge >= 0.3 is 11.3 Å². The summed E-state index contributed by atoms with van der Waals surface area (Å²) in [6.45, 7) is 4.85. The minimum absolute atomic E-state index is 0.261. The van der Waals surface area contributed by atoms with Gasteiger partial charge in [0.1, 0.15) is 11.3 Å². The molecule has 0 saturated heterocycles. The average molecular weight is 318 g/mol. The lowest BCUT2D eigenvalue weighted by Crippen LogP contribution is -2.17. The van der Waals surface area contributed by atoms with Gasteiger partial charge in [0.25, 0.3) is 0 Å². The molecule has 0 unspecified atom stereocenters. The van der Waals surface area contributed by atoms with Crippen LogP contribution in [0.2, 0.25) is 0 Å². The number of rotatable bonds is 8. The maximum absolute atomic E-state index is 11.9. The first-order valence-corrected chi connectivity index (χ1v) is 8.02. The van der Waals surface area contributed by atoms with Crippen LogP contribution in [0, 0.1) is 16.0 Å². The van der Waals surface area contributed by atoms with Crippen LogP contribution in [-0.2, 0) is 0 Å². The third-order valence-electron chi connectivity index (χ3n) is 4.08. The summed E-state index contributed by atoms with van der Waals surface area (Å²) in [4.78, 5) is 22.5. The molecule has 2 aromatic rings. The Balaban J connectivity index is 2.39. The lowest BCUT2D eigenvalue weighted by atomic mass is 9.99. The molecule has 0 saturated carbocycles. The van der Waals surface area contributed by atoms with Crippen molar-refractivity contribution >= 4 is 22.3 Å². The molecule has 0 amide bonds. The summed E-state index contributed by atoms with van der Waals surface area (Å²) < 4.78 is 5.06. The Bertz CT molecular complexity index is 739. The molecule has 0 spiro atoms. The Hall–Kier alpha value is -2.37. The van der Waals surface area contributed by atoms with Crippen LogP contribution in [0.4, 0.5) is 11.4 Å². The van der Waals surface area contributed by atoms with E-state index in [9.17, 15) is 14.9 Å². The van der Waals surface area contributed by atoms with Gasteiger partial charge in [-0.2, -0.15) is 0 Å². The van der Waals surface area contributed by atoms with Gasteiger partial charge in [-0.05, 0) is 24.5 Å². The quantitative estimate of drug-likeness (QED) is 0.445. The van der Waals surface area contributed by atoms with E-state index in [0.717, 1.165) is 25.7 Å². The monoisotopic (exact) mass is 318 g/mol. The molecule has 0 aliphatic rings. The largest absolute Gasteiger partial charge is 0.418 e. The molecular weight excluding hydrogens is 296 g/mol. The van der Waals surface area contributed by atoms with Gasteiger partial charge in [0, 0.05) is 11.9 Å². The summed E-state index contributed by atoms with van der Waals surface area (Å²) in [6.07, 6.45) is 4.29. The first-order chi connectivity index (χ1) is 11.1. The summed E-state index contributed by atoms with van der Waals surface area (Å²) in [7, 11) is 0. The van der Waals surface area contributed by atoms with E-state index in [1.165, 1.54) is 0 Å². The van der Waals surface area contributed by atoms with E-state index in [1.54, 1.807) is 24.3 Å². The highest BCUT2D eigenvalue weighted by atomic mass is 16.6. The maximum Gasteiger partial charge on any atom is 0.417 e. The van der Waals surface area contributed by atoms with Crippen LogP contribution in [0.5, 0.6) is 0 Å². The number of hydrogen-bond acceptors (Lipinski definition) is 5. The summed E-state index contributed by atoms with van der Waals surface area (Å²) in [6, 6.07) is 6.86. The van der Waals surface area contributed by atoms with Crippen LogP contribution in [0.25, 0.3) is 11.0 Å². The van der Waals surface area contributed by atoms with Gasteiger partial charge in [0.05, 0.1) is 4.92 Å². The Morgan fingerprint density at radius 2 is 2.04 bits per heavy atom. The molecule has 0 aliphatic heterocycles. The van der Waals surface area contributed by atoms with Gasteiger partial charge in [-0.25, -0.2) is 4.79 Å². The zero-order valence-corrected chi connectivity index (χ0v) is 13.5. The predicted octanol–water partition coefficient (Wildman–Crippen LogP) is 4.33. The number of hydrogen-bond donors (Lipinski definition) is 1. The average Bonchev–Trinajstić information content (AvgIpc) is 2.54. The molecule has 1 atom stereocenters. The van der Waals surface area contributed by atoms with Crippen molar-refractivity contribution in [1.29, 1.82) is 0 Å².